The smallest absolute Gasteiger partial charge is 0.374 e. The van der Waals surface area contributed by atoms with E-state index in [4.69, 9.17) is 13.3 Å². The molecule has 0 aromatic rings. The first-order valence-electron chi connectivity index (χ1n) is 7.70. The van der Waals surface area contributed by atoms with Crippen LogP contribution in [0.2, 0.25) is 6.04 Å². The molecular formula is C14H30N2O3Si. The predicted octanol–water partition coefficient (Wildman–Crippen LogP) is 2.14. The second-order valence-electron chi connectivity index (χ2n) is 4.84. The van der Waals surface area contributed by atoms with Crippen LogP contribution in [0.3, 0.4) is 0 Å². The van der Waals surface area contributed by atoms with Gasteiger partial charge in [0.05, 0.1) is 6.67 Å². The molecule has 118 valence electrons. The summed E-state index contributed by atoms with van der Waals surface area (Å²) >= 11 is 0. The normalized spacial score (nSPS) is 16.9. The molecule has 1 rings (SSSR count). The maximum atomic E-state index is 5.87. The molecule has 0 atom stereocenters. The summed E-state index contributed by atoms with van der Waals surface area (Å²) in [4.78, 5) is 4.67. The summed E-state index contributed by atoms with van der Waals surface area (Å²) < 4.78 is 17.6. The van der Waals surface area contributed by atoms with Crippen LogP contribution in [0.1, 0.15) is 27.2 Å². The maximum absolute atomic E-state index is 5.87. The summed E-state index contributed by atoms with van der Waals surface area (Å²) in [6.07, 6.45) is 2.97. The van der Waals surface area contributed by atoms with Gasteiger partial charge in [-0.25, -0.2) is 0 Å². The lowest BCUT2D eigenvalue weighted by atomic mass is 10.4. The van der Waals surface area contributed by atoms with Crippen LogP contribution in [-0.4, -0.2) is 64.7 Å². The Morgan fingerprint density at radius 2 is 1.65 bits per heavy atom. The SMILES string of the molecule is C=CN1CCN(CCC[Si](OCC)(OCC)OCC)C1. The van der Waals surface area contributed by atoms with E-state index in [0.29, 0.717) is 19.8 Å². The Morgan fingerprint density at radius 1 is 1.05 bits per heavy atom. The van der Waals surface area contributed by atoms with Gasteiger partial charge >= 0.3 is 8.80 Å². The lowest BCUT2D eigenvalue weighted by Gasteiger charge is -2.29. The van der Waals surface area contributed by atoms with Crippen molar-refractivity contribution in [2.75, 3.05) is 46.1 Å². The van der Waals surface area contributed by atoms with Gasteiger partial charge < -0.3 is 18.2 Å². The Labute approximate surface area is 124 Å². The zero-order valence-electron chi connectivity index (χ0n) is 13.3. The topological polar surface area (TPSA) is 34.2 Å². The van der Waals surface area contributed by atoms with Crippen molar-refractivity contribution in [2.24, 2.45) is 0 Å². The van der Waals surface area contributed by atoms with Crippen LogP contribution in [0.5, 0.6) is 0 Å². The molecule has 0 aromatic carbocycles. The zero-order chi connectivity index (χ0) is 14.8. The van der Waals surface area contributed by atoms with E-state index in [1.165, 1.54) is 0 Å². The van der Waals surface area contributed by atoms with E-state index < -0.39 is 8.80 Å². The van der Waals surface area contributed by atoms with Crippen LogP contribution in [0, 0.1) is 0 Å². The molecule has 1 aliphatic heterocycles. The highest BCUT2D eigenvalue weighted by atomic mass is 28.4. The molecule has 1 fully saturated rings. The van der Waals surface area contributed by atoms with Crippen molar-refractivity contribution < 1.29 is 13.3 Å². The van der Waals surface area contributed by atoms with Crippen LogP contribution >= 0.6 is 0 Å². The van der Waals surface area contributed by atoms with Crippen molar-refractivity contribution in [1.29, 1.82) is 0 Å². The zero-order valence-corrected chi connectivity index (χ0v) is 14.3. The van der Waals surface area contributed by atoms with Crippen molar-refractivity contribution in [1.82, 2.24) is 9.80 Å². The number of hydrogen-bond donors (Lipinski definition) is 0. The van der Waals surface area contributed by atoms with Gasteiger partial charge in [-0.15, -0.1) is 0 Å². The second-order valence-corrected chi connectivity index (χ2v) is 7.57. The van der Waals surface area contributed by atoms with Crippen LogP contribution < -0.4 is 0 Å². The first-order valence-corrected chi connectivity index (χ1v) is 9.63. The van der Waals surface area contributed by atoms with Gasteiger partial charge in [-0.1, -0.05) is 6.58 Å². The molecule has 0 N–H and O–H groups in total. The summed E-state index contributed by atoms with van der Waals surface area (Å²) in [5.74, 6) is 0. The molecule has 1 saturated heterocycles. The summed E-state index contributed by atoms with van der Waals surface area (Å²) in [6.45, 7) is 16.0. The quantitative estimate of drug-likeness (QED) is 0.546. The largest absolute Gasteiger partial charge is 0.500 e. The van der Waals surface area contributed by atoms with E-state index in [1.54, 1.807) is 0 Å². The molecule has 0 aliphatic carbocycles. The van der Waals surface area contributed by atoms with E-state index in [0.717, 1.165) is 38.8 Å². The fourth-order valence-corrected chi connectivity index (χ4v) is 5.11. The number of rotatable bonds is 11. The molecule has 6 heteroatoms. The van der Waals surface area contributed by atoms with Gasteiger partial charge in [0.25, 0.3) is 0 Å². The van der Waals surface area contributed by atoms with Gasteiger partial charge in [0.2, 0.25) is 0 Å². The molecule has 0 bridgehead atoms. The van der Waals surface area contributed by atoms with Gasteiger partial charge in [0.1, 0.15) is 0 Å². The summed E-state index contributed by atoms with van der Waals surface area (Å²) in [5, 5.41) is 0. The van der Waals surface area contributed by atoms with Gasteiger partial charge in [-0.2, -0.15) is 0 Å². The Bertz CT molecular complexity index is 262. The number of nitrogens with zero attached hydrogens (tertiary/aromatic N) is 2. The fraction of sp³-hybridized carbons (Fsp3) is 0.857. The summed E-state index contributed by atoms with van der Waals surface area (Å²) in [7, 11) is -2.45. The summed E-state index contributed by atoms with van der Waals surface area (Å²) in [5.41, 5.74) is 0. The lowest BCUT2D eigenvalue weighted by Crippen LogP contribution is -2.46. The molecule has 0 aromatic heterocycles. The second kappa shape index (κ2) is 9.52. The third-order valence-corrected chi connectivity index (χ3v) is 6.54. The first-order chi connectivity index (χ1) is 9.69. The maximum Gasteiger partial charge on any atom is 0.500 e. The van der Waals surface area contributed by atoms with E-state index in [2.05, 4.69) is 16.4 Å². The Morgan fingerprint density at radius 3 is 2.10 bits per heavy atom. The predicted molar refractivity (Wildman–Crippen MR) is 83.4 cm³/mol. The molecule has 0 saturated carbocycles. The fourth-order valence-electron chi connectivity index (χ4n) is 2.52. The highest BCUT2D eigenvalue weighted by Crippen LogP contribution is 2.19. The molecule has 0 unspecified atom stereocenters. The molecule has 0 amide bonds. The van der Waals surface area contributed by atoms with Crippen molar-refractivity contribution in [3.8, 4) is 0 Å². The van der Waals surface area contributed by atoms with Crippen LogP contribution in [-0.2, 0) is 13.3 Å². The monoisotopic (exact) mass is 302 g/mol. The molecule has 1 aliphatic rings. The van der Waals surface area contributed by atoms with Gasteiger partial charge in [-0.05, 0) is 39.9 Å². The average molecular weight is 302 g/mol. The van der Waals surface area contributed by atoms with Crippen molar-refractivity contribution in [3.63, 3.8) is 0 Å². The minimum absolute atomic E-state index is 0.653. The lowest BCUT2D eigenvalue weighted by molar-refractivity contribution is 0.0700. The molecule has 0 radical (unpaired) electrons. The Hall–Kier alpha value is -0.403. The van der Waals surface area contributed by atoms with Crippen molar-refractivity contribution >= 4 is 8.80 Å². The summed E-state index contributed by atoms with van der Waals surface area (Å²) in [6, 6.07) is 0.896. The molecule has 20 heavy (non-hydrogen) atoms. The molecule has 0 spiro atoms. The Balaban J connectivity index is 2.39. The van der Waals surface area contributed by atoms with E-state index in [-0.39, 0.29) is 0 Å². The molecular weight excluding hydrogens is 272 g/mol. The van der Waals surface area contributed by atoms with Crippen LogP contribution in [0.25, 0.3) is 0 Å². The first kappa shape index (κ1) is 17.6. The van der Waals surface area contributed by atoms with E-state index in [9.17, 15) is 0 Å². The minimum Gasteiger partial charge on any atom is -0.374 e. The Kier molecular flexibility index (Phi) is 8.40. The highest BCUT2D eigenvalue weighted by Gasteiger charge is 2.39. The van der Waals surface area contributed by atoms with Crippen LogP contribution in [0.15, 0.2) is 12.8 Å². The van der Waals surface area contributed by atoms with Crippen LogP contribution in [0.4, 0.5) is 0 Å². The van der Waals surface area contributed by atoms with E-state index >= 15 is 0 Å². The van der Waals surface area contributed by atoms with Gasteiger partial charge in [0.15, 0.2) is 0 Å². The third kappa shape index (κ3) is 5.53. The number of hydrogen-bond acceptors (Lipinski definition) is 5. The van der Waals surface area contributed by atoms with E-state index in [1.807, 2.05) is 27.0 Å². The molecule has 1 heterocycles. The third-order valence-electron chi connectivity index (χ3n) is 3.39. The average Bonchev–Trinajstić information content (AvgIpc) is 2.88. The van der Waals surface area contributed by atoms with Gasteiger partial charge in [-0.3, -0.25) is 4.90 Å². The highest BCUT2D eigenvalue weighted by molar-refractivity contribution is 6.60. The molecule has 5 nitrogen and oxygen atoms in total. The van der Waals surface area contributed by atoms with Crippen molar-refractivity contribution in [2.45, 2.75) is 33.2 Å². The standard InChI is InChI=1S/C14H30N2O3Si/c1-5-15-11-12-16(14-15)10-9-13-20(17-6-2,18-7-3)19-8-4/h5H,1,6-14H2,2-4H3. The van der Waals surface area contributed by atoms with Gasteiger partial charge in [0, 0.05) is 39.0 Å². The van der Waals surface area contributed by atoms with Crippen molar-refractivity contribution in [3.05, 3.63) is 12.8 Å². The minimum atomic E-state index is -2.45.